The Hall–Kier alpha value is -2.22. The van der Waals surface area contributed by atoms with Gasteiger partial charge in [-0.1, -0.05) is 29.8 Å². The molecule has 0 saturated carbocycles. The van der Waals surface area contributed by atoms with Crippen LogP contribution in [0.5, 0.6) is 0 Å². The molecule has 6 nitrogen and oxygen atoms in total. The van der Waals surface area contributed by atoms with Gasteiger partial charge in [-0.05, 0) is 50.8 Å². The number of rotatable bonds is 8. The summed E-state index contributed by atoms with van der Waals surface area (Å²) in [5.41, 5.74) is 2.57. The van der Waals surface area contributed by atoms with Gasteiger partial charge in [0.2, 0.25) is 10.0 Å². The molecular weight excluding hydrogens is 350 g/mol. The van der Waals surface area contributed by atoms with Crippen LogP contribution in [0, 0.1) is 6.92 Å². The number of hydrogen-bond acceptors (Lipinski definition) is 4. The summed E-state index contributed by atoms with van der Waals surface area (Å²) in [6.07, 6.45) is 0. The zero-order chi connectivity index (χ0) is 19.2. The second-order valence-electron chi connectivity index (χ2n) is 6.40. The maximum atomic E-state index is 12.2. The predicted molar refractivity (Wildman–Crippen MR) is 103 cm³/mol. The number of carbonyl (C=O) groups is 1. The lowest BCUT2D eigenvalue weighted by atomic mass is 10.1. The van der Waals surface area contributed by atoms with Gasteiger partial charge < -0.3 is 10.2 Å². The van der Waals surface area contributed by atoms with Crippen LogP contribution >= 0.6 is 0 Å². The molecule has 2 rings (SSSR count). The van der Waals surface area contributed by atoms with Gasteiger partial charge in [0.1, 0.15) is 0 Å². The molecule has 0 spiro atoms. The number of sulfonamides is 1. The van der Waals surface area contributed by atoms with Crippen LogP contribution < -0.4 is 10.0 Å². The van der Waals surface area contributed by atoms with Gasteiger partial charge in [-0.15, -0.1) is 0 Å². The highest BCUT2D eigenvalue weighted by atomic mass is 32.2. The Morgan fingerprint density at radius 2 is 1.77 bits per heavy atom. The highest BCUT2D eigenvalue weighted by Crippen LogP contribution is 2.11. The van der Waals surface area contributed by atoms with Gasteiger partial charge in [-0.2, -0.15) is 0 Å². The molecule has 7 heteroatoms. The topological polar surface area (TPSA) is 78.5 Å². The van der Waals surface area contributed by atoms with Crippen molar-refractivity contribution in [1.29, 1.82) is 0 Å². The zero-order valence-corrected chi connectivity index (χ0v) is 16.1. The standard InChI is InChI=1S/C19H25N3O3S/c1-15-5-4-6-16(13-15)14-20-19(23)17-7-9-18(10-8-17)26(24,25)21-11-12-22(2)3/h4-10,13,21H,11-12,14H2,1-3H3,(H,20,23). The molecule has 140 valence electrons. The summed E-state index contributed by atoms with van der Waals surface area (Å²) in [5.74, 6) is -0.240. The van der Waals surface area contributed by atoms with Crippen LogP contribution in [-0.2, 0) is 16.6 Å². The Balaban J connectivity index is 1.96. The molecule has 0 fully saturated rings. The van der Waals surface area contributed by atoms with Crippen molar-refractivity contribution in [2.24, 2.45) is 0 Å². The lowest BCUT2D eigenvalue weighted by Crippen LogP contribution is -2.31. The van der Waals surface area contributed by atoms with E-state index in [1.54, 1.807) is 0 Å². The predicted octanol–water partition coefficient (Wildman–Crippen LogP) is 1.76. The van der Waals surface area contributed by atoms with Gasteiger partial charge in [0.25, 0.3) is 5.91 Å². The van der Waals surface area contributed by atoms with E-state index >= 15 is 0 Å². The molecule has 0 atom stereocenters. The Bertz CT molecular complexity index is 847. The molecule has 1 amide bonds. The van der Waals surface area contributed by atoms with Gasteiger partial charge in [-0.3, -0.25) is 4.79 Å². The van der Waals surface area contributed by atoms with Gasteiger partial charge in [-0.25, -0.2) is 13.1 Å². The lowest BCUT2D eigenvalue weighted by Gasteiger charge is -2.11. The maximum Gasteiger partial charge on any atom is 0.251 e. The first kappa shape index (κ1) is 20.1. The number of benzene rings is 2. The van der Waals surface area contributed by atoms with Crippen molar-refractivity contribution in [2.45, 2.75) is 18.4 Å². The van der Waals surface area contributed by atoms with Gasteiger partial charge in [0.15, 0.2) is 0 Å². The number of hydrogen-bond donors (Lipinski definition) is 2. The van der Waals surface area contributed by atoms with Crippen LogP contribution in [0.15, 0.2) is 53.4 Å². The molecule has 0 unspecified atom stereocenters. The van der Waals surface area contributed by atoms with Gasteiger partial charge in [0.05, 0.1) is 4.90 Å². The van der Waals surface area contributed by atoms with Crippen LogP contribution in [0.2, 0.25) is 0 Å². The quantitative estimate of drug-likeness (QED) is 0.737. The number of likely N-dealkylation sites (N-methyl/N-ethyl adjacent to an activating group) is 1. The van der Waals surface area contributed by atoms with E-state index in [1.165, 1.54) is 24.3 Å². The van der Waals surface area contributed by atoms with Crippen LogP contribution in [0.1, 0.15) is 21.5 Å². The molecule has 2 aromatic carbocycles. The number of carbonyl (C=O) groups excluding carboxylic acids is 1. The van der Waals surface area contributed by atoms with Crippen molar-refractivity contribution in [3.63, 3.8) is 0 Å². The summed E-state index contributed by atoms with van der Waals surface area (Å²) in [5, 5.41) is 2.84. The third-order valence-corrected chi connectivity index (χ3v) is 5.29. The van der Waals surface area contributed by atoms with Crippen molar-refractivity contribution in [1.82, 2.24) is 14.9 Å². The van der Waals surface area contributed by atoms with E-state index in [4.69, 9.17) is 0 Å². The van der Waals surface area contributed by atoms with Crippen LogP contribution in [0.4, 0.5) is 0 Å². The summed E-state index contributed by atoms with van der Waals surface area (Å²) >= 11 is 0. The van der Waals surface area contributed by atoms with Crippen LogP contribution in [0.25, 0.3) is 0 Å². The minimum absolute atomic E-state index is 0.145. The fraction of sp³-hybridized carbons (Fsp3) is 0.316. The van der Waals surface area contributed by atoms with Gasteiger partial charge in [0, 0.05) is 25.2 Å². The summed E-state index contributed by atoms with van der Waals surface area (Å²) in [4.78, 5) is 14.3. The Morgan fingerprint density at radius 1 is 1.08 bits per heavy atom. The number of nitrogens with zero attached hydrogens (tertiary/aromatic N) is 1. The fourth-order valence-corrected chi connectivity index (χ4v) is 3.40. The van der Waals surface area contributed by atoms with Crippen molar-refractivity contribution in [2.75, 3.05) is 27.2 Å². The van der Waals surface area contributed by atoms with E-state index in [0.717, 1.165) is 11.1 Å². The molecule has 2 N–H and O–H groups in total. The molecule has 0 aliphatic rings. The third kappa shape index (κ3) is 5.94. The molecule has 0 aromatic heterocycles. The van der Waals surface area contributed by atoms with Crippen molar-refractivity contribution in [3.8, 4) is 0 Å². The van der Waals surface area contributed by atoms with E-state index < -0.39 is 10.0 Å². The molecule has 0 bridgehead atoms. The lowest BCUT2D eigenvalue weighted by molar-refractivity contribution is 0.0951. The third-order valence-electron chi connectivity index (χ3n) is 3.81. The Kier molecular flexibility index (Phi) is 6.90. The minimum atomic E-state index is -3.57. The smallest absolute Gasteiger partial charge is 0.251 e. The zero-order valence-electron chi connectivity index (χ0n) is 15.3. The van der Waals surface area contributed by atoms with E-state index in [9.17, 15) is 13.2 Å². The van der Waals surface area contributed by atoms with Gasteiger partial charge >= 0.3 is 0 Å². The molecular formula is C19H25N3O3S. The average molecular weight is 375 g/mol. The van der Waals surface area contributed by atoms with E-state index in [0.29, 0.717) is 25.2 Å². The normalized spacial score (nSPS) is 11.5. The highest BCUT2D eigenvalue weighted by molar-refractivity contribution is 7.89. The van der Waals surface area contributed by atoms with E-state index in [-0.39, 0.29) is 10.8 Å². The number of amides is 1. The summed E-state index contributed by atoms with van der Waals surface area (Å²) in [7, 11) is 0.180. The number of aryl methyl sites for hydroxylation is 1. The molecule has 0 aliphatic heterocycles. The highest BCUT2D eigenvalue weighted by Gasteiger charge is 2.14. The second-order valence-corrected chi connectivity index (χ2v) is 8.16. The van der Waals surface area contributed by atoms with Crippen LogP contribution in [-0.4, -0.2) is 46.4 Å². The first-order valence-corrected chi connectivity index (χ1v) is 9.84. The van der Waals surface area contributed by atoms with Crippen LogP contribution in [0.3, 0.4) is 0 Å². The average Bonchev–Trinajstić information content (AvgIpc) is 2.59. The summed E-state index contributed by atoms with van der Waals surface area (Å²) in [6.45, 7) is 3.36. The molecule has 0 saturated heterocycles. The number of nitrogens with one attached hydrogen (secondary N) is 2. The molecule has 0 radical (unpaired) electrons. The minimum Gasteiger partial charge on any atom is -0.348 e. The Labute approximate surface area is 155 Å². The first-order valence-electron chi connectivity index (χ1n) is 8.36. The van der Waals surface area contributed by atoms with Crippen molar-refractivity contribution in [3.05, 3.63) is 65.2 Å². The molecule has 0 aliphatic carbocycles. The van der Waals surface area contributed by atoms with E-state index in [2.05, 4.69) is 10.0 Å². The maximum absolute atomic E-state index is 12.2. The van der Waals surface area contributed by atoms with E-state index in [1.807, 2.05) is 50.2 Å². The monoisotopic (exact) mass is 375 g/mol. The summed E-state index contributed by atoms with van der Waals surface area (Å²) in [6, 6.07) is 13.8. The SMILES string of the molecule is Cc1cccc(CNC(=O)c2ccc(S(=O)(=O)NCCN(C)C)cc2)c1. The largest absolute Gasteiger partial charge is 0.348 e. The fourth-order valence-electron chi connectivity index (χ4n) is 2.38. The molecule has 0 heterocycles. The molecule has 26 heavy (non-hydrogen) atoms. The van der Waals surface area contributed by atoms with Crippen molar-refractivity contribution < 1.29 is 13.2 Å². The Morgan fingerprint density at radius 3 is 2.38 bits per heavy atom. The summed E-state index contributed by atoms with van der Waals surface area (Å²) < 4.78 is 27.0. The second kappa shape index (κ2) is 8.93. The molecule has 2 aromatic rings. The van der Waals surface area contributed by atoms with Crippen molar-refractivity contribution >= 4 is 15.9 Å². The first-order chi connectivity index (χ1) is 12.3.